The molecule has 3 rings (SSSR count). The van der Waals surface area contributed by atoms with Crippen molar-refractivity contribution in [2.45, 2.75) is 25.7 Å². The van der Waals surface area contributed by atoms with Gasteiger partial charge in [-0.2, -0.15) is 13.2 Å². The lowest BCUT2D eigenvalue weighted by molar-refractivity contribution is -0.140. The van der Waals surface area contributed by atoms with Crippen LogP contribution in [0.5, 0.6) is 0 Å². The van der Waals surface area contributed by atoms with Crippen molar-refractivity contribution in [1.29, 1.82) is 0 Å². The lowest BCUT2D eigenvalue weighted by Gasteiger charge is -2.25. The zero-order valence-corrected chi connectivity index (χ0v) is 11.7. The van der Waals surface area contributed by atoms with E-state index in [2.05, 4.69) is 5.32 Å². The Kier molecular flexibility index (Phi) is 3.47. The highest BCUT2D eigenvalue weighted by atomic mass is 19.4. The second-order valence-electron chi connectivity index (χ2n) is 5.92. The quantitative estimate of drug-likeness (QED) is 0.903. The molecule has 0 radical (unpaired) electrons. The summed E-state index contributed by atoms with van der Waals surface area (Å²) in [6.45, 7) is 3.22. The Morgan fingerprint density at radius 2 is 2.19 bits per heavy atom. The van der Waals surface area contributed by atoms with E-state index >= 15 is 0 Å². The fraction of sp³-hybridized carbons (Fsp3) is 0.643. The third kappa shape index (κ3) is 2.66. The maximum atomic E-state index is 12.6. The number of nitrogens with one attached hydrogen (secondary N) is 1. The molecule has 2 aliphatic rings. The van der Waals surface area contributed by atoms with Crippen molar-refractivity contribution in [2.75, 3.05) is 19.6 Å². The number of likely N-dealkylation sites (tertiary alicyclic amines) is 1. The summed E-state index contributed by atoms with van der Waals surface area (Å²) in [6, 6.07) is 3.02. The first kappa shape index (κ1) is 14.4. The fourth-order valence-corrected chi connectivity index (χ4v) is 3.52. The van der Waals surface area contributed by atoms with Gasteiger partial charge in [0.25, 0.3) is 5.91 Å². The Bertz CT molecular complexity index is 540. The van der Waals surface area contributed by atoms with Gasteiger partial charge in [0, 0.05) is 31.9 Å². The molecule has 3 heterocycles. The van der Waals surface area contributed by atoms with Crippen molar-refractivity contribution >= 4 is 5.91 Å². The van der Waals surface area contributed by atoms with Crippen molar-refractivity contribution in [3.63, 3.8) is 0 Å². The standard InChI is InChI=1S/C14H18F3N3O/c1-9-11-6-18-5-10(11)7-20(9)13(21)12-3-2-4-19(12)8-14(15,16)17/h2-4,9-11,18H,5-8H2,1H3. The second kappa shape index (κ2) is 5.05. The molecule has 0 saturated carbocycles. The van der Waals surface area contributed by atoms with Crippen LogP contribution in [-0.4, -0.2) is 47.2 Å². The molecular weight excluding hydrogens is 283 g/mol. The maximum absolute atomic E-state index is 12.6. The van der Waals surface area contributed by atoms with Crippen LogP contribution in [0.4, 0.5) is 13.2 Å². The van der Waals surface area contributed by atoms with Gasteiger partial charge in [-0.25, -0.2) is 0 Å². The number of aromatic nitrogens is 1. The molecule has 0 aromatic carbocycles. The summed E-state index contributed by atoms with van der Waals surface area (Å²) in [5.41, 5.74) is 0.118. The number of carbonyl (C=O) groups is 1. The molecule has 0 bridgehead atoms. The van der Waals surface area contributed by atoms with Crippen LogP contribution in [0.25, 0.3) is 0 Å². The highest BCUT2D eigenvalue weighted by Gasteiger charge is 2.44. The minimum Gasteiger partial charge on any atom is -0.334 e. The molecule has 0 aliphatic carbocycles. The van der Waals surface area contributed by atoms with E-state index in [9.17, 15) is 18.0 Å². The van der Waals surface area contributed by atoms with Crippen LogP contribution in [-0.2, 0) is 6.54 Å². The Morgan fingerprint density at radius 3 is 2.86 bits per heavy atom. The molecular formula is C14H18F3N3O. The van der Waals surface area contributed by atoms with Gasteiger partial charge in [0.05, 0.1) is 0 Å². The molecule has 7 heteroatoms. The smallest absolute Gasteiger partial charge is 0.334 e. The Hall–Kier alpha value is -1.50. The lowest BCUT2D eigenvalue weighted by Crippen LogP contribution is -2.39. The van der Waals surface area contributed by atoms with Gasteiger partial charge in [0.2, 0.25) is 0 Å². The molecule has 0 spiro atoms. The van der Waals surface area contributed by atoms with E-state index in [4.69, 9.17) is 0 Å². The van der Waals surface area contributed by atoms with Gasteiger partial charge in [-0.15, -0.1) is 0 Å². The second-order valence-corrected chi connectivity index (χ2v) is 5.92. The largest absolute Gasteiger partial charge is 0.406 e. The van der Waals surface area contributed by atoms with E-state index in [1.807, 2.05) is 6.92 Å². The fourth-order valence-electron chi connectivity index (χ4n) is 3.52. The molecule has 3 unspecified atom stereocenters. The summed E-state index contributed by atoms with van der Waals surface area (Å²) in [7, 11) is 0. The van der Waals surface area contributed by atoms with Crippen molar-refractivity contribution in [1.82, 2.24) is 14.8 Å². The predicted octanol–water partition coefficient (Wildman–Crippen LogP) is 1.73. The highest BCUT2D eigenvalue weighted by Crippen LogP contribution is 2.33. The molecule has 1 aromatic heterocycles. The van der Waals surface area contributed by atoms with Gasteiger partial charge in [-0.1, -0.05) is 0 Å². The van der Waals surface area contributed by atoms with E-state index in [1.54, 1.807) is 4.90 Å². The van der Waals surface area contributed by atoms with Crippen LogP contribution in [0.3, 0.4) is 0 Å². The summed E-state index contributed by atoms with van der Waals surface area (Å²) in [4.78, 5) is 14.3. The number of rotatable bonds is 2. The molecule has 116 valence electrons. The van der Waals surface area contributed by atoms with Crippen molar-refractivity contribution in [3.05, 3.63) is 24.0 Å². The highest BCUT2D eigenvalue weighted by molar-refractivity contribution is 5.93. The molecule has 4 nitrogen and oxygen atoms in total. The third-order valence-corrected chi connectivity index (χ3v) is 4.59. The minimum atomic E-state index is -4.33. The molecule has 3 atom stereocenters. The zero-order chi connectivity index (χ0) is 15.2. The van der Waals surface area contributed by atoms with Crippen molar-refractivity contribution in [3.8, 4) is 0 Å². The van der Waals surface area contributed by atoms with Gasteiger partial charge in [0.15, 0.2) is 0 Å². The molecule has 1 aromatic rings. The number of nitrogens with zero attached hydrogens (tertiary/aromatic N) is 2. The van der Waals surface area contributed by atoms with Crippen LogP contribution in [0, 0.1) is 11.8 Å². The van der Waals surface area contributed by atoms with E-state index in [0.717, 1.165) is 17.7 Å². The molecule has 2 saturated heterocycles. The SMILES string of the molecule is CC1C2CNCC2CN1C(=O)c1cccn1CC(F)(F)F. The summed E-state index contributed by atoms with van der Waals surface area (Å²) in [5, 5.41) is 3.30. The number of fused-ring (bicyclic) bond motifs is 1. The van der Waals surface area contributed by atoms with E-state index in [0.29, 0.717) is 18.4 Å². The zero-order valence-electron chi connectivity index (χ0n) is 11.7. The lowest BCUT2D eigenvalue weighted by atomic mass is 9.95. The minimum absolute atomic E-state index is 0.0618. The summed E-state index contributed by atoms with van der Waals surface area (Å²) in [5.74, 6) is 0.515. The van der Waals surface area contributed by atoms with Gasteiger partial charge in [-0.3, -0.25) is 4.79 Å². The van der Waals surface area contributed by atoms with Crippen LogP contribution in [0.2, 0.25) is 0 Å². The third-order valence-electron chi connectivity index (χ3n) is 4.59. The van der Waals surface area contributed by atoms with E-state index < -0.39 is 12.7 Å². The normalized spacial score (nSPS) is 29.0. The van der Waals surface area contributed by atoms with Crippen LogP contribution >= 0.6 is 0 Å². The first-order valence-electron chi connectivity index (χ1n) is 7.10. The summed E-state index contributed by atoms with van der Waals surface area (Å²) < 4.78 is 38.6. The molecule has 1 amide bonds. The first-order valence-corrected chi connectivity index (χ1v) is 7.10. The average Bonchev–Trinajstić information content (AvgIpc) is 3.05. The van der Waals surface area contributed by atoms with Gasteiger partial charge in [-0.05, 0) is 30.9 Å². The summed E-state index contributed by atoms with van der Waals surface area (Å²) >= 11 is 0. The summed E-state index contributed by atoms with van der Waals surface area (Å²) in [6.07, 6.45) is -3.02. The average molecular weight is 301 g/mol. The number of amides is 1. The molecule has 2 aliphatic heterocycles. The Labute approximate surface area is 120 Å². The Morgan fingerprint density at radius 1 is 1.43 bits per heavy atom. The Balaban J connectivity index is 1.79. The number of hydrogen-bond acceptors (Lipinski definition) is 2. The van der Waals surface area contributed by atoms with Crippen LogP contribution in [0.15, 0.2) is 18.3 Å². The molecule has 21 heavy (non-hydrogen) atoms. The molecule has 1 N–H and O–H groups in total. The van der Waals surface area contributed by atoms with Crippen LogP contribution < -0.4 is 5.32 Å². The van der Waals surface area contributed by atoms with E-state index in [1.165, 1.54) is 18.3 Å². The number of carbonyl (C=O) groups excluding carboxylic acids is 1. The van der Waals surface area contributed by atoms with Crippen LogP contribution in [0.1, 0.15) is 17.4 Å². The van der Waals surface area contributed by atoms with Crippen molar-refractivity contribution in [2.24, 2.45) is 11.8 Å². The number of hydrogen-bond donors (Lipinski definition) is 1. The molecule has 2 fully saturated rings. The topological polar surface area (TPSA) is 37.3 Å². The van der Waals surface area contributed by atoms with E-state index in [-0.39, 0.29) is 17.6 Å². The monoisotopic (exact) mass is 301 g/mol. The number of halogens is 3. The first-order chi connectivity index (χ1) is 9.87. The van der Waals surface area contributed by atoms with Gasteiger partial charge >= 0.3 is 6.18 Å². The number of alkyl halides is 3. The predicted molar refractivity (Wildman–Crippen MR) is 70.8 cm³/mol. The maximum Gasteiger partial charge on any atom is 0.406 e. The van der Waals surface area contributed by atoms with Gasteiger partial charge < -0.3 is 14.8 Å². The van der Waals surface area contributed by atoms with Crippen molar-refractivity contribution < 1.29 is 18.0 Å². The van der Waals surface area contributed by atoms with Gasteiger partial charge in [0.1, 0.15) is 12.2 Å².